The largest absolute Gasteiger partial charge is 0.366 e. The van der Waals surface area contributed by atoms with Crippen LogP contribution in [0.2, 0.25) is 0 Å². The Kier molecular flexibility index (Phi) is 3.69. The van der Waals surface area contributed by atoms with E-state index in [0.717, 1.165) is 5.75 Å². The van der Waals surface area contributed by atoms with Crippen LogP contribution in [0.5, 0.6) is 0 Å². The molecular formula is C5H12NOS+. The molecule has 0 aromatic heterocycles. The van der Waals surface area contributed by atoms with Crippen molar-refractivity contribution in [3.63, 3.8) is 0 Å². The summed E-state index contributed by atoms with van der Waals surface area (Å²) in [6.45, 7) is 2.06. The number of hydrogen-bond donors (Lipinski definition) is 1. The van der Waals surface area contributed by atoms with Crippen LogP contribution in [-0.2, 0) is 15.7 Å². The van der Waals surface area contributed by atoms with Gasteiger partial charge in [-0.05, 0) is 17.8 Å². The Bertz CT molecular complexity index is 84.5. The van der Waals surface area contributed by atoms with Crippen molar-refractivity contribution in [1.82, 2.24) is 0 Å². The zero-order valence-corrected chi connectivity index (χ0v) is 6.12. The third kappa shape index (κ3) is 3.99. The fourth-order valence-electron chi connectivity index (χ4n) is 0.345. The van der Waals surface area contributed by atoms with Crippen molar-refractivity contribution >= 4 is 16.8 Å². The average molecular weight is 134 g/mol. The van der Waals surface area contributed by atoms with Crippen molar-refractivity contribution in [2.45, 2.75) is 6.92 Å². The molecule has 8 heavy (non-hydrogen) atoms. The number of hydrogen-bond acceptors (Lipinski definition) is 1. The molecule has 48 valence electrons. The lowest BCUT2D eigenvalue weighted by Gasteiger charge is -1.93. The van der Waals surface area contributed by atoms with Crippen LogP contribution in [-0.4, -0.2) is 23.7 Å². The van der Waals surface area contributed by atoms with Crippen LogP contribution in [0.4, 0.5) is 0 Å². The second kappa shape index (κ2) is 3.78. The first-order valence-electron chi connectivity index (χ1n) is 2.54. The highest BCUT2D eigenvalue weighted by Gasteiger charge is 2.09. The molecule has 1 unspecified atom stereocenters. The zero-order chi connectivity index (χ0) is 6.57. The molecule has 1 amide bonds. The zero-order valence-electron chi connectivity index (χ0n) is 5.31. The average Bonchev–Trinajstić information content (AvgIpc) is 1.65. The molecule has 0 radical (unpaired) electrons. The topological polar surface area (TPSA) is 43.1 Å². The van der Waals surface area contributed by atoms with Crippen molar-refractivity contribution < 1.29 is 4.79 Å². The number of nitrogens with two attached hydrogens (primary N) is 1. The van der Waals surface area contributed by atoms with E-state index in [-0.39, 0.29) is 16.8 Å². The lowest BCUT2D eigenvalue weighted by Crippen LogP contribution is -2.23. The Morgan fingerprint density at radius 1 is 1.75 bits per heavy atom. The summed E-state index contributed by atoms with van der Waals surface area (Å²) in [5, 5.41) is 0. The molecule has 0 aliphatic carbocycles. The van der Waals surface area contributed by atoms with E-state index in [1.807, 2.05) is 6.26 Å². The van der Waals surface area contributed by atoms with Crippen molar-refractivity contribution in [3.05, 3.63) is 0 Å². The van der Waals surface area contributed by atoms with Crippen LogP contribution in [0.25, 0.3) is 0 Å². The first-order chi connectivity index (χ1) is 3.66. The van der Waals surface area contributed by atoms with Crippen LogP contribution in [0.15, 0.2) is 0 Å². The molecule has 0 aliphatic rings. The number of amides is 1. The van der Waals surface area contributed by atoms with Gasteiger partial charge in [0.15, 0.2) is 5.75 Å². The smallest absolute Gasteiger partial charge is 0.267 e. The molecule has 0 rings (SSSR count). The van der Waals surface area contributed by atoms with Gasteiger partial charge < -0.3 is 5.73 Å². The maximum Gasteiger partial charge on any atom is 0.267 e. The third-order valence-electron chi connectivity index (χ3n) is 0.881. The Morgan fingerprint density at radius 2 is 2.25 bits per heavy atom. The number of carbonyl (C=O) groups excluding carboxylic acids is 1. The molecule has 1 atom stereocenters. The summed E-state index contributed by atoms with van der Waals surface area (Å²) < 4.78 is 0. The van der Waals surface area contributed by atoms with Gasteiger partial charge in [0.1, 0.15) is 5.75 Å². The molecule has 0 bridgehead atoms. The van der Waals surface area contributed by atoms with E-state index < -0.39 is 0 Å². The van der Waals surface area contributed by atoms with Crippen molar-refractivity contribution in [2.75, 3.05) is 17.8 Å². The SMILES string of the molecule is CC[S+](C)CC(N)=O. The van der Waals surface area contributed by atoms with E-state index in [1.54, 1.807) is 0 Å². The van der Waals surface area contributed by atoms with Gasteiger partial charge in [0.05, 0.1) is 6.26 Å². The second-order valence-electron chi connectivity index (χ2n) is 1.68. The van der Waals surface area contributed by atoms with E-state index in [9.17, 15) is 4.79 Å². The molecule has 0 fully saturated rings. The highest BCUT2D eigenvalue weighted by atomic mass is 32.2. The highest BCUT2D eigenvalue weighted by Crippen LogP contribution is 1.86. The lowest BCUT2D eigenvalue weighted by molar-refractivity contribution is -0.115. The summed E-state index contributed by atoms with van der Waals surface area (Å²) in [5.41, 5.74) is 4.94. The van der Waals surface area contributed by atoms with E-state index in [2.05, 4.69) is 6.92 Å². The Balaban J connectivity index is 3.24. The first-order valence-corrected chi connectivity index (χ1v) is 4.51. The molecule has 0 spiro atoms. The molecule has 3 heteroatoms. The standard InChI is InChI=1S/C5H11NOS/c1-3-8(2)4-5(6)7/h3-4H2,1-2H3,(H-,6,7)/p+1. The maximum atomic E-state index is 10.2. The Labute approximate surface area is 52.8 Å². The minimum atomic E-state index is -0.183. The van der Waals surface area contributed by atoms with Gasteiger partial charge in [-0.3, -0.25) is 4.79 Å². The van der Waals surface area contributed by atoms with Crippen LogP contribution in [0, 0.1) is 0 Å². The van der Waals surface area contributed by atoms with Gasteiger partial charge in [-0.25, -0.2) is 0 Å². The molecule has 0 saturated heterocycles. The fraction of sp³-hybridized carbons (Fsp3) is 0.800. The van der Waals surface area contributed by atoms with Gasteiger partial charge in [0, 0.05) is 0 Å². The van der Waals surface area contributed by atoms with Gasteiger partial charge in [-0.2, -0.15) is 0 Å². The van der Waals surface area contributed by atoms with Crippen LogP contribution in [0.3, 0.4) is 0 Å². The number of primary amides is 1. The summed E-state index contributed by atoms with van der Waals surface area (Å²) in [5.74, 6) is 1.43. The molecule has 0 saturated carbocycles. The van der Waals surface area contributed by atoms with E-state index in [1.165, 1.54) is 0 Å². The maximum absolute atomic E-state index is 10.2. The molecule has 0 aromatic carbocycles. The van der Waals surface area contributed by atoms with Gasteiger partial charge >= 0.3 is 0 Å². The van der Waals surface area contributed by atoms with Gasteiger partial charge in [0.25, 0.3) is 5.91 Å². The predicted octanol–water partition coefficient (Wildman–Crippen LogP) is -0.260. The minimum Gasteiger partial charge on any atom is -0.366 e. The predicted molar refractivity (Wildman–Crippen MR) is 37.9 cm³/mol. The van der Waals surface area contributed by atoms with Crippen molar-refractivity contribution in [2.24, 2.45) is 5.73 Å². The van der Waals surface area contributed by atoms with Gasteiger partial charge in [-0.15, -0.1) is 0 Å². The normalized spacial score (nSPS) is 13.2. The second-order valence-corrected chi connectivity index (χ2v) is 4.11. The van der Waals surface area contributed by atoms with Crippen LogP contribution in [0.1, 0.15) is 6.92 Å². The highest BCUT2D eigenvalue weighted by molar-refractivity contribution is 7.96. The molecule has 0 aromatic rings. The summed E-state index contributed by atoms with van der Waals surface area (Å²) >= 11 is 0. The molecular weight excluding hydrogens is 122 g/mol. The van der Waals surface area contributed by atoms with E-state index >= 15 is 0 Å². The van der Waals surface area contributed by atoms with Crippen LogP contribution >= 0.6 is 0 Å². The summed E-state index contributed by atoms with van der Waals surface area (Å²) in [6.07, 6.45) is 2.05. The summed E-state index contributed by atoms with van der Waals surface area (Å²) in [7, 11) is 0.218. The molecule has 0 aliphatic heterocycles. The molecule has 0 heterocycles. The third-order valence-corrected chi connectivity index (χ3v) is 2.64. The Morgan fingerprint density at radius 3 is 2.38 bits per heavy atom. The monoisotopic (exact) mass is 134 g/mol. The van der Waals surface area contributed by atoms with Crippen molar-refractivity contribution in [1.29, 1.82) is 0 Å². The Hall–Kier alpha value is -0.180. The lowest BCUT2D eigenvalue weighted by atomic mass is 10.8. The molecule has 2 nitrogen and oxygen atoms in total. The minimum absolute atomic E-state index is 0.183. The molecule has 2 N–H and O–H groups in total. The van der Waals surface area contributed by atoms with Gasteiger partial charge in [0.2, 0.25) is 0 Å². The summed E-state index contributed by atoms with van der Waals surface area (Å²) in [6, 6.07) is 0. The first kappa shape index (κ1) is 7.82. The number of carbonyl (C=O) groups is 1. The number of rotatable bonds is 3. The van der Waals surface area contributed by atoms with Crippen LogP contribution < -0.4 is 5.73 Å². The summed E-state index contributed by atoms with van der Waals surface area (Å²) in [4.78, 5) is 10.2. The fourth-order valence-corrected chi connectivity index (χ4v) is 1.03. The van der Waals surface area contributed by atoms with Gasteiger partial charge in [-0.1, -0.05) is 0 Å². The van der Waals surface area contributed by atoms with E-state index in [0.29, 0.717) is 5.75 Å². The quantitative estimate of drug-likeness (QED) is 0.531. The van der Waals surface area contributed by atoms with E-state index in [4.69, 9.17) is 5.73 Å². The van der Waals surface area contributed by atoms with Crippen molar-refractivity contribution in [3.8, 4) is 0 Å².